The first kappa shape index (κ1) is 13.0. The van der Waals surface area contributed by atoms with Crippen molar-refractivity contribution < 1.29 is 13.6 Å². The van der Waals surface area contributed by atoms with Crippen LogP contribution >= 0.6 is 19.4 Å². The molecule has 1 atom stereocenters. The van der Waals surface area contributed by atoms with Gasteiger partial charge in [0, 0.05) is 0 Å². The number of rotatable bonds is 6. The van der Waals surface area contributed by atoms with Crippen molar-refractivity contribution >= 4 is 19.4 Å². The van der Waals surface area contributed by atoms with Crippen LogP contribution in [-0.4, -0.2) is 24.5 Å². The lowest BCUT2D eigenvalue weighted by Gasteiger charge is -2.19. The van der Waals surface area contributed by atoms with Crippen molar-refractivity contribution in [1.29, 1.82) is 5.26 Å². The van der Waals surface area contributed by atoms with Gasteiger partial charge in [0.05, 0.1) is 19.3 Å². The van der Waals surface area contributed by atoms with E-state index in [2.05, 4.69) is 0 Å². The lowest BCUT2D eigenvalue weighted by molar-refractivity contribution is 0.221. The SMILES string of the molecule is CCOP(=O)(OCC)C(C#N)SC. The fraction of sp³-hybridized carbons (Fsp3) is 0.857. The van der Waals surface area contributed by atoms with E-state index in [1.165, 1.54) is 11.8 Å². The monoisotopic (exact) mass is 223 g/mol. The Kier molecular flexibility index (Phi) is 6.44. The van der Waals surface area contributed by atoms with E-state index in [0.717, 1.165) is 0 Å². The van der Waals surface area contributed by atoms with E-state index < -0.39 is 12.6 Å². The van der Waals surface area contributed by atoms with Gasteiger partial charge in [-0.05, 0) is 20.1 Å². The third-order valence-electron chi connectivity index (χ3n) is 1.24. The minimum absolute atomic E-state index is 0.288. The third-order valence-corrected chi connectivity index (χ3v) is 5.12. The minimum Gasteiger partial charge on any atom is -0.307 e. The van der Waals surface area contributed by atoms with Gasteiger partial charge in [-0.25, -0.2) is 0 Å². The summed E-state index contributed by atoms with van der Waals surface area (Å²) >= 11 is 1.18. The van der Waals surface area contributed by atoms with Crippen molar-refractivity contribution in [3.05, 3.63) is 0 Å². The fourth-order valence-electron chi connectivity index (χ4n) is 0.785. The Morgan fingerprint density at radius 2 is 1.92 bits per heavy atom. The van der Waals surface area contributed by atoms with Crippen molar-refractivity contribution in [2.45, 2.75) is 18.8 Å². The second-order valence-corrected chi connectivity index (χ2v) is 5.50. The molecule has 0 aliphatic heterocycles. The third kappa shape index (κ3) is 3.70. The summed E-state index contributed by atoms with van der Waals surface area (Å²) in [6, 6.07) is 1.91. The summed E-state index contributed by atoms with van der Waals surface area (Å²) in [7, 11) is -3.23. The largest absolute Gasteiger partial charge is 0.357 e. The smallest absolute Gasteiger partial charge is 0.307 e. The van der Waals surface area contributed by atoms with Crippen LogP contribution in [-0.2, 0) is 13.6 Å². The molecule has 0 heterocycles. The maximum absolute atomic E-state index is 11.9. The van der Waals surface area contributed by atoms with Gasteiger partial charge in [0.15, 0.2) is 4.99 Å². The van der Waals surface area contributed by atoms with Crippen LogP contribution in [0.3, 0.4) is 0 Å². The number of nitriles is 1. The van der Waals surface area contributed by atoms with Gasteiger partial charge >= 0.3 is 7.60 Å². The van der Waals surface area contributed by atoms with Gasteiger partial charge in [-0.15, -0.1) is 11.8 Å². The summed E-state index contributed by atoms with van der Waals surface area (Å²) in [5, 5.41) is 8.71. The molecule has 0 aromatic rings. The predicted octanol–water partition coefficient (Wildman–Crippen LogP) is 2.47. The molecule has 0 aliphatic rings. The quantitative estimate of drug-likeness (QED) is 0.647. The van der Waals surface area contributed by atoms with Crippen molar-refractivity contribution in [2.24, 2.45) is 0 Å². The van der Waals surface area contributed by atoms with Crippen molar-refractivity contribution in [2.75, 3.05) is 19.5 Å². The average Bonchev–Trinajstić information content (AvgIpc) is 2.07. The molecule has 0 aromatic heterocycles. The van der Waals surface area contributed by atoms with Crippen LogP contribution in [0.15, 0.2) is 0 Å². The Morgan fingerprint density at radius 3 is 2.15 bits per heavy atom. The molecular formula is C7H14NO3PS. The second kappa shape index (κ2) is 6.44. The van der Waals surface area contributed by atoms with Gasteiger partial charge in [0.2, 0.25) is 0 Å². The van der Waals surface area contributed by atoms with E-state index in [1.807, 2.05) is 6.07 Å². The summed E-state index contributed by atoms with van der Waals surface area (Å²) in [4.78, 5) is -0.729. The summed E-state index contributed by atoms with van der Waals surface area (Å²) < 4.78 is 21.9. The number of hydrogen-bond donors (Lipinski definition) is 0. The van der Waals surface area contributed by atoms with Gasteiger partial charge in [0.25, 0.3) is 0 Å². The Balaban J connectivity index is 4.56. The molecule has 0 aromatic carbocycles. The topological polar surface area (TPSA) is 59.3 Å². The van der Waals surface area contributed by atoms with Crippen LogP contribution in [0, 0.1) is 11.3 Å². The van der Waals surface area contributed by atoms with Crippen LogP contribution < -0.4 is 0 Å². The van der Waals surface area contributed by atoms with Gasteiger partial charge in [-0.3, -0.25) is 4.57 Å². The highest BCUT2D eigenvalue weighted by Gasteiger charge is 2.34. The van der Waals surface area contributed by atoms with Crippen LogP contribution in [0.2, 0.25) is 0 Å². The van der Waals surface area contributed by atoms with Crippen LogP contribution in [0.4, 0.5) is 0 Å². The lowest BCUT2D eigenvalue weighted by Crippen LogP contribution is -2.07. The molecule has 0 aliphatic carbocycles. The maximum Gasteiger partial charge on any atom is 0.357 e. The average molecular weight is 223 g/mol. The van der Waals surface area contributed by atoms with Crippen molar-refractivity contribution in [1.82, 2.24) is 0 Å². The van der Waals surface area contributed by atoms with E-state index >= 15 is 0 Å². The number of nitrogens with zero attached hydrogens (tertiary/aromatic N) is 1. The standard InChI is InChI=1S/C7H14NO3PS/c1-4-10-12(9,11-5-2)7(6-8)13-3/h7H,4-5H2,1-3H3. The van der Waals surface area contributed by atoms with Crippen LogP contribution in [0.5, 0.6) is 0 Å². The first-order chi connectivity index (χ1) is 6.14. The highest BCUT2D eigenvalue weighted by molar-refractivity contribution is 8.05. The Hall–Kier alpha value is -0.0100. The van der Waals surface area contributed by atoms with Crippen LogP contribution in [0.25, 0.3) is 0 Å². The molecule has 0 amide bonds. The first-order valence-corrected chi connectivity index (χ1v) is 6.85. The molecule has 76 valence electrons. The molecule has 6 heteroatoms. The summed E-state index contributed by atoms with van der Waals surface area (Å²) in [6.07, 6.45) is 1.71. The molecule has 13 heavy (non-hydrogen) atoms. The molecule has 1 unspecified atom stereocenters. The van der Waals surface area contributed by atoms with Gasteiger partial charge < -0.3 is 9.05 Å². The molecule has 0 rings (SSSR count). The number of thioether (sulfide) groups is 1. The molecule has 0 saturated carbocycles. The Bertz CT molecular complexity index is 218. The molecular weight excluding hydrogens is 209 g/mol. The normalized spacial score (nSPS) is 13.7. The molecule has 0 radical (unpaired) electrons. The van der Waals surface area contributed by atoms with Gasteiger partial charge in [0.1, 0.15) is 0 Å². The summed E-state index contributed by atoms with van der Waals surface area (Å²) in [5.41, 5.74) is 0. The van der Waals surface area contributed by atoms with E-state index in [4.69, 9.17) is 14.3 Å². The van der Waals surface area contributed by atoms with Crippen molar-refractivity contribution in [3.8, 4) is 6.07 Å². The Morgan fingerprint density at radius 1 is 1.46 bits per heavy atom. The fourth-order valence-corrected chi connectivity index (χ4v) is 3.49. The van der Waals surface area contributed by atoms with E-state index in [1.54, 1.807) is 20.1 Å². The summed E-state index contributed by atoms with van der Waals surface area (Å²) in [6.45, 7) is 4.02. The molecule has 0 N–H and O–H groups in total. The zero-order chi connectivity index (χ0) is 10.3. The molecule has 0 spiro atoms. The highest BCUT2D eigenvalue weighted by Crippen LogP contribution is 2.56. The maximum atomic E-state index is 11.9. The molecule has 0 bridgehead atoms. The summed E-state index contributed by atoms with van der Waals surface area (Å²) in [5.74, 6) is 0. The molecule has 4 nitrogen and oxygen atoms in total. The van der Waals surface area contributed by atoms with Gasteiger partial charge in [-0.2, -0.15) is 5.26 Å². The molecule has 0 fully saturated rings. The van der Waals surface area contributed by atoms with E-state index in [9.17, 15) is 4.57 Å². The molecule has 0 saturated heterocycles. The first-order valence-electron chi connectivity index (χ1n) is 3.95. The lowest BCUT2D eigenvalue weighted by atomic mass is 10.9. The Labute approximate surface area is 83.1 Å². The van der Waals surface area contributed by atoms with E-state index in [-0.39, 0.29) is 13.2 Å². The highest BCUT2D eigenvalue weighted by atomic mass is 32.2. The van der Waals surface area contributed by atoms with Crippen LogP contribution in [0.1, 0.15) is 13.8 Å². The zero-order valence-corrected chi connectivity index (χ0v) is 9.73. The predicted molar refractivity (Wildman–Crippen MR) is 53.8 cm³/mol. The van der Waals surface area contributed by atoms with Crippen molar-refractivity contribution in [3.63, 3.8) is 0 Å². The van der Waals surface area contributed by atoms with Gasteiger partial charge in [-0.1, -0.05) is 0 Å². The number of hydrogen-bond acceptors (Lipinski definition) is 5. The minimum atomic E-state index is -3.23. The zero-order valence-electron chi connectivity index (χ0n) is 8.02. The van der Waals surface area contributed by atoms with E-state index in [0.29, 0.717) is 0 Å². The second-order valence-electron chi connectivity index (χ2n) is 2.09.